The molecule has 1 aliphatic rings. The molecule has 21 heavy (non-hydrogen) atoms. The molecule has 1 aliphatic carbocycles. The first-order valence-electron chi connectivity index (χ1n) is 6.64. The molecule has 1 heterocycles. The fourth-order valence-corrected chi connectivity index (χ4v) is 2.21. The molecule has 0 atom stereocenters. The predicted molar refractivity (Wildman–Crippen MR) is 83.4 cm³/mol. The fourth-order valence-electron chi connectivity index (χ4n) is 1.76. The van der Waals surface area contributed by atoms with Crippen LogP contribution < -0.4 is 15.2 Å². The molecule has 2 aromatic rings. The van der Waals surface area contributed by atoms with Crippen molar-refractivity contribution < 1.29 is 9.47 Å². The summed E-state index contributed by atoms with van der Waals surface area (Å²) in [6, 6.07) is 8.37. The number of hydrogen-bond acceptors (Lipinski definition) is 4. The molecule has 0 amide bonds. The van der Waals surface area contributed by atoms with Crippen LogP contribution in [0.25, 0.3) is 0 Å². The van der Waals surface area contributed by atoms with Crippen molar-refractivity contribution in [1.82, 2.24) is 4.98 Å². The van der Waals surface area contributed by atoms with Crippen LogP contribution in [0.4, 0.5) is 5.69 Å². The summed E-state index contributed by atoms with van der Waals surface area (Å²) in [5.41, 5.74) is 6.34. The van der Waals surface area contributed by atoms with E-state index in [4.69, 9.17) is 38.4 Å². The van der Waals surface area contributed by atoms with Gasteiger partial charge in [-0.05, 0) is 43.0 Å². The average molecular weight is 325 g/mol. The third-order valence-corrected chi connectivity index (χ3v) is 3.66. The van der Waals surface area contributed by atoms with Gasteiger partial charge < -0.3 is 15.2 Å². The Morgan fingerprint density at radius 3 is 2.71 bits per heavy atom. The summed E-state index contributed by atoms with van der Waals surface area (Å²) < 4.78 is 11.3. The van der Waals surface area contributed by atoms with Gasteiger partial charge in [0.05, 0.1) is 17.3 Å². The van der Waals surface area contributed by atoms with Gasteiger partial charge >= 0.3 is 0 Å². The van der Waals surface area contributed by atoms with E-state index >= 15 is 0 Å². The number of anilines is 1. The summed E-state index contributed by atoms with van der Waals surface area (Å²) in [5.74, 6) is 1.87. The van der Waals surface area contributed by atoms with Crippen LogP contribution in [0, 0.1) is 5.92 Å². The summed E-state index contributed by atoms with van der Waals surface area (Å²) in [6.07, 6.45) is 2.41. The van der Waals surface area contributed by atoms with Crippen LogP contribution >= 0.6 is 23.2 Å². The lowest BCUT2D eigenvalue weighted by atomic mass is 10.3. The molecule has 0 bridgehead atoms. The Bertz CT molecular complexity index is 660. The monoisotopic (exact) mass is 324 g/mol. The molecule has 110 valence electrons. The van der Waals surface area contributed by atoms with E-state index in [1.165, 1.54) is 12.8 Å². The van der Waals surface area contributed by atoms with E-state index in [2.05, 4.69) is 4.98 Å². The van der Waals surface area contributed by atoms with Crippen molar-refractivity contribution in [2.45, 2.75) is 12.8 Å². The second-order valence-electron chi connectivity index (χ2n) is 4.98. The SMILES string of the molecule is Nc1ccc(Oc2ccc(Cl)cc2Cl)nc1OCC1CC1. The smallest absolute Gasteiger partial charge is 0.240 e. The minimum absolute atomic E-state index is 0.374. The van der Waals surface area contributed by atoms with Gasteiger partial charge in [0, 0.05) is 11.1 Å². The van der Waals surface area contributed by atoms with Crippen molar-refractivity contribution in [2.24, 2.45) is 5.92 Å². The maximum Gasteiger partial charge on any atom is 0.240 e. The van der Waals surface area contributed by atoms with Crippen LogP contribution in [-0.2, 0) is 0 Å². The molecule has 0 spiro atoms. The van der Waals surface area contributed by atoms with Crippen LogP contribution in [0.3, 0.4) is 0 Å². The zero-order chi connectivity index (χ0) is 14.8. The van der Waals surface area contributed by atoms with Gasteiger partial charge in [-0.3, -0.25) is 0 Å². The van der Waals surface area contributed by atoms with E-state index in [0.29, 0.717) is 45.8 Å². The van der Waals surface area contributed by atoms with Crippen LogP contribution in [0.15, 0.2) is 30.3 Å². The number of rotatable bonds is 5. The van der Waals surface area contributed by atoms with Gasteiger partial charge in [0.1, 0.15) is 5.75 Å². The minimum atomic E-state index is 0.374. The zero-order valence-electron chi connectivity index (χ0n) is 11.2. The summed E-state index contributed by atoms with van der Waals surface area (Å²) in [7, 11) is 0. The minimum Gasteiger partial charge on any atom is -0.476 e. The Balaban J connectivity index is 1.76. The molecule has 0 radical (unpaired) electrons. The van der Waals surface area contributed by atoms with E-state index in [9.17, 15) is 0 Å². The Hall–Kier alpha value is -1.65. The number of ether oxygens (including phenoxy) is 2. The van der Waals surface area contributed by atoms with E-state index in [1.54, 1.807) is 30.3 Å². The highest BCUT2D eigenvalue weighted by Crippen LogP contribution is 2.34. The van der Waals surface area contributed by atoms with Crippen molar-refractivity contribution in [3.8, 4) is 17.5 Å². The first kappa shape index (κ1) is 14.3. The molecular formula is C15H14Cl2N2O2. The van der Waals surface area contributed by atoms with Gasteiger partial charge in [-0.25, -0.2) is 0 Å². The number of nitrogens with two attached hydrogens (primary N) is 1. The zero-order valence-corrected chi connectivity index (χ0v) is 12.7. The molecule has 1 aromatic heterocycles. The van der Waals surface area contributed by atoms with E-state index in [0.717, 1.165) is 0 Å². The average Bonchev–Trinajstić information content (AvgIpc) is 3.26. The van der Waals surface area contributed by atoms with Crippen molar-refractivity contribution in [3.05, 3.63) is 40.4 Å². The molecule has 6 heteroatoms. The molecule has 2 N–H and O–H groups in total. The van der Waals surface area contributed by atoms with Gasteiger partial charge in [0.25, 0.3) is 0 Å². The second kappa shape index (κ2) is 6.00. The predicted octanol–water partition coefficient (Wildman–Crippen LogP) is 4.55. The topological polar surface area (TPSA) is 57.4 Å². The van der Waals surface area contributed by atoms with Crippen molar-refractivity contribution in [1.29, 1.82) is 0 Å². The first-order valence-corrected chi connectivity index (χ1v) is 7.39. The highest BCUT2D eigenvalue weighted by molar-refractivity contribution is 6.35. The Morgan fingerprint density at radius 2 is 2.00 bits per heavy atom. The molecule has 0 unspecified atom stereocenters. The number of nitrogens with zero attached hydrogens (tertiary/aromatic N) is 1. The largest absolute Gasteiger partial charge is 0.476 e. The number of nitrogen functional groups attached to an aromatic ring is 1. The standard InChI is InChI=1S/C15H14Cl2N2O2/c16-10-3-5-13(11(17)7-10)21-14-6-4-12(18)15(19-14)20-8-9-1-2-9/h3-7,9H,1-2,8,18H2. The molecule has 1 aromatic carbocycles. The van der Waals surface area contributed by atoms with Gasteiger partial charge in [-0.1, -0.05) is 23.2 Å². The van der Waals surface area contributed by atoms with Gasteiger partial charge in [-0.2, -0.15) is 4.98 Å². The molecule has 3 rings (SSSR count). The van der Waals surface area contributed by atoms with Gasteiger partial charge in [0.15, 0.2) is 0 Å². The summed E-state index contributed by atoms with van der Waals surface area (Å²) in [4.78, 5) is 4.27. The highest BCUT2D eigenvalue weighted by Gasteiger charge is 2.22. The normalized spacial score (nSPS) is 14.0. The lowest BCUT2D eigenvalue weighted by Crippen LogP contribution is -2.04. The molecule has 0 saturated heterocycles. The number of pyridine rings is 1. The second-order valence-corrected chi connectivity index (χ2v) is 5.82. The molecule has 0 aliphatic heterocycles. The maximum absolute atomic E-state index is 6.07. The Labute approximate surface area is 132 Å². The summed E-state index contributed by atoms with van der Waals surface area (Å²) in [5, 5.41) is 0.965. The van der Waals surface area contributed by atoms with Gasteiger partial charge in [-0.15, -0.1) is 0 Å². The lowest BCUT2D eigenvalue weighted by Gasteiger charge is -2.11. The Kier molecular flexibility index (Phi) is 4.08. The van der Waals surface area contributed by atoms with Crippen LogP contribution in [0.1, 0.15) is 12.8 Å². The number of hydrogen-bond donors (Lipinski definition) is 1. The number of halogens is 2. The third kappa shape index (κ3) is 3.71. The van der Waals surface area contributed by atoms with Crippen molar-refractivity contribution in [3.63, 3.8) is 0 Å². The summed E-state index contributed by atoms with van der Waals surface area (Å²) in [6.45, 7) is 0.641. The van der Waals surface area contributed by atoms with Crippen LogP contribution in [-0.4, -0.2) is 11.6 Å². The maximum atomic E-state index is 6.07. The quantitative estimate of drug-likeness (QED) is 0.876. The summed E-state index contributed by atoms with van der Waals surface area (Å²) >= 11 is 11.9. The van der Waals surface area contributed by atoms with Crippen LogP contribution in [0.2, 0.25) is 10.0 Å². The fraction of sp³-hybridized carbons (Fsp3) is 0.267. The van der Waals surface area contributed by atoms with Crippen molar-refractivity contribution in [2.75, 3.05) is 12.3 Å². The molecule has 1 fully saturated rings. The number of benzene rings is 1. The molecule has 1 saturated carbocycles. The molecular weight excluding hydrogens is 311 g/mol. The lowest BCUT2D eigenvalue weighted by molar-refractivity contribution is 0.286. The van der Waals surface area contributed by atoms with E-state index in [-0.39, 0.29) is 0 Å². The van der Waals surface area contributed by atoms with E-state index in [1.807, 2.05) is 0 Å². The first-order chi connectivity index (χ1) is 10.1. The highest BCUT2D eigenvalue weighted by atomic mass is 35.5. The van der Waals surface area contributed by atoms with E-state index < -0.39 is 0 Å². The third-order valence-electron chi connectivity index (χ3n) is 3.13. The van der Waals surface area contributed by atoms with Crippen molar-refractivity contribution >= 4 is 28.9 Å². The number of aromatic nitrogens is 1. The van der Waals surface area contributed by atoms with Gasteiger partial charge in [0.2, 0.25) is 11.8 Å². The van der Waals surface area contributed by atoms with Crippen LogP contribution in [0.5, 0.6) is 17.5 Å². The Morgan fingerprint density at radius 1 is 1.19 bits per heavy atom. The molecule has 4 nitrogen and oxygen atoms in total.